The molecule has 12 heteroatoms. The van der Waals surface area contributed by atoms with Crippen LogP contribution in [0.5, 0.6) is 0 Å². The van der Waals surface area contributed by atoms with Crippen LogP contribution in [0.3, 0.4) is 0 Å². The van der Waals surface area contributed by atoms with Gasteiger partial charge in [-0.1, -0.05) is 87.4 Å². The van der Waals surface area contributed by atoms with Crippen LogP contribution in [0.2, 0.25) is 0 Å². The molecule has 4 heterocycles. The summed E-state index contributed by atoms with van der Waals surface area (Å²) in [6.07, 6.45) is 14.1. The lowest BCUT2D eigenvalue weighted by molar-refractivity contribution is 0.0845. The molecule has 2 unspecified atom stereocenters. The summed E-state index contributed by atoms with van der Waals surface area (Å²) in [4.78, 5) is 26.3. The molecule has 2 aliphatic rings. The van der Waals surface area contributed by atoms with Gasteiger partial charge in [0.2, 0.25) is 0 Å². The zero-order valence-corrected chi connectivity index (χ0v) is 30.2. The molecule has 0 radical (unpaired) electrons. The van der Waals surface area contributed by atoms with Crippen molar-refractivity contribution < 1.29 is 9.59 Å². The Balaban J connectivity index is 0.895. The Hall–Kier alpha value is -5.52. The van der Waals surface area contributed by atoms with Crippen LogP contribution in [0.15, 0.2) is 85.5 Å². The lowest BCUT2D eigenvalue weighted by atomic mass is 9.72. The van der Waals surface area contributed by atoms with E-state index in [1.165, 1.54) is 0 Å². The summed E-state index contributed by atoms with van der Waals surface area (Å²) in [7, 11) is 0. The average molecular weight is 697 g/mol. The average Bonchev–Trinajstić information content (AvgIpc) is 3.94. The van der Waals surface area contributed by atoms with Crippen molar-refractivity contribution >= 4 is 11.6 Å². The van der Waals surface area contributed by atoms with Gasteiger partial charge in [-0.15, -0.1) is 10.2 Å². The first kappa shape index (κ1) is 33.6. The topological polar surface area (TPSA) is 131 Å². The minimum atomic E-state index is -0.362. The second kappa shape index (κ2) is 13.2. The molecule has 0 fully saturated rings. The normalized spacial score (nSPS) is 19.1. The molecule has 4 aromatic heterocycles. The molecule has 0 N–H and O–H groups in total. The molecular formula is C40H44N10O2. The van der Waals surface area contributed by atoms with E-state index >= 15 is 0 Å². The maximum Gasteiger partial charge on any atom is 0.167 e. The molecular weight excluding hydrogens is 653 g/mol. The predicted octanol–water partition coefficient (Wildman–Crippen LogP) is 6.99. The molecule has 0 bridgehead atoms. The first-order valence-corrected chi connectivity index (χ1v) is 18.3. The Labute approximate surface area is 302 Å². The highest BCUT2D eigenvalue weighted by molar-refractivity contribution is 5.99. The van der Waals surface area contributed by atoms with Crippen LogP contribution >= 0.6 is 0 Å². The largest absolute Gasteiger partial charge is 0.294 e. The Morgan fingerprint density at radius 3 is 1.40 bits per heavy atom. The molecule has 2 aliphatic carbocycles. The second-order valence-corrected chi connectivity index (χ2v) is 15.7. The number of hydrogen-bond acceptors (Lipinski definition) is 8. The van der Waals surface area contributed by atoms with Gasteiger partial charge in [-0.2, -0.15) is 10.2 Å². The van der Waals surface area contributed by atoms with Crippen LogP contribution in [0.1, 0.15) is 122 Å². The van der Waals surface area contributed by atoms with E-state index in [0.29, 0.717) is 24.0 Å². The Kier molecular flexibility index (Phi) is 8.55. The Morgan fingerprint density at radius 2 is 1.00 bits per heavy atom. The molecule has 0 aliphatic heterocycles. The fourth-order valence-electron chi connectivity index (χ4n) is 8.21. The summed E-state index contributed by atoms with van der Waals surface area (Å²) < 4.78 is 7.63. The second-order valence-electron chi connectivity index (χ2n) is 15.7. The maximum atomic E-state index is 13.1. The third-order valence-corrected chi connectivity index (χ3v) is 10.7. The number of nitrogens with zero attached hydrogens (tertiary/aromatic N) is 10. The summed E-state index contributed by atoms with van der Waals surface area (Å²) in [6, 6.07) is 19.5. The molecule has 266 valence electrons. The smallest absolute Gasteiger partial charge is 0.167 e. The van der Waals surface area contributed by atoms with Gasteiger partial charge in [0.15, 0.2) is 11.6 Å². The van der Waals surface area contributed by atoms with Crippen molar-refractivity contribution in [3.8, 4) is 11.4 Å². The summed E-state index contributed by atoms with van der Waals surface area (Å²) in [5, 5.41) is 27.5. The van der Waals surface area contributed by atoms with Crippen molar-refractivity contribution in [2.45, 2.75) is 91.1 Å². The minimum Gasteiger partial charge on any atom is -0.294 e. The van der Waals surface area contributed by atoms with Crippen molar-refractivity contribution in [1.29, 1.82) is 0 Å². The van der Waals surface area contributed by atoms with Crippen molar-refractivity contribution in [3.05, 3.63) is 119 Å². The number of fused-ring (bicyclic) bond motifs is 2. The highest BCUT2D eigenvalue weighted by Gasteiger charge is 2.46. The molecule has 8 rings (SSSR count). The van der Waals surface area contributed by atoms with Crippen LogP contribution in [-0.2, 0) is 12.8 Å². The third-order valence-electron chi connectivity index (χ3n) is 10.7. The van der Waals surface area contributed by atoms with E-state index < -0.39 is 0 Å². The van der Waals surface area contributed by atoms with Gasteiger partial charge in [0, 0.05) is 36.1 Å². The van der Waals surface area contributed by atoms with E-state index in [-0.39, 0.29) is 34.5 Å². The van der Waals surface area contributed by atoms with Gasteiger partial charge in [-0.25, -0.2) is 18.7 Å². The number of benzene rings is 2. The van der Waals surface area contributed by atoms with Crippen molar-refractivity contribution in [2.24, 2.45) is 10.8 Å². The van der Waals surface area contributed by atoms with Gasteiger partial charge >= 0.3 is 0 Å². The van der Waals surface area contributed by atoms with E-state index in [4.69, 9.17) is 0 Å². The van der Waals surface area contributed by atoms with Gasteiger partial charge in [-0.05, 0) is 49.9 Å². The summed E-state index contributed by atoms with van der Waals surface area (Å²) in [5.41, 5.74) is 6.06. The summed E-state index contributed by atoms with van der Waals surface area (Å²) >= 11 is 0. The van der Waals surface area contributed by atoms with Crippen molar-refractivity contribution in [1.82, 2.24) is 49.5 Å². The number of aromatic nitrogens is 10. The molecule has 0 saturated carbocycles. The lowest BCUT2D eigenvalue weighted by Gasteiger charge is -2.37. The molecule has 2 aromatic carbocycles. The van der Waals surface area contributed by atoms with Crippen LogP contribution in [0.4, 0.5) is 0 Å². The fraction of sp³-hybridized carbons (Fsp3) is 0.400. The van der Waals surface area contributed by atoms with Gasteiger partial charge < -0.3 is 0 Å². The van der Waals surface area contributed by atoms with Gasteiger partial charge in [0.05, 0.1) is 57.7 Å². The number of unbranched alkanes of at least 4 members (excludes halogenated alkanes) is 3. The molecule has 12 nitrogen and oxygen atoms in total. The number of Topliss-reactive ketones (excluding diaryl/α,β-unsaturated/α-hetero) is 2. The molecule has 6 aromatic rings. The molecule has 0 saturated heterocycles. The quantitative estimate of drug-likeness (QED) is 0.133. The van der Waals surface area contributed by atoms with Gasteiger partial charge in [-0.3, -0.25) is 9.59 Å². The number of ketones is 2. The summed E-state index contributed by atoms with van der Waals surface area (Å²) in [5.74, 6) is 0.223. The lowest BCUT2D eigenvalue weighted by Crippen LogP contribution is -2.37. The SMILES string of the molecule is CC1(C)CC(=O)c2cnn(-c3ccccc3)c2C1n1cc(CCCCCCc2cn(C3c4c(cnn4-c4ccccc4)C(=O)CC3(C)C)nn2)nn1. The Morgan fingerprint density at radius 1 is 0.596 bits per heavy atom. The zero-order chi connectivity index (χ0) is 36.0. The number of rotatable bonds is 11. The monoisotopic (exact) mass is 696 g/mol. The van der Waals surface area contributed by atoms with E-state index in [2.05, 4.69) is 58.5 Å². The first-order valence-electron chi connectivity index (χ1n) is 18.3. The third kappa shape index (κ3) is 6.09. The van der Waals surface area contributed by atoms with Crippen molar-refractivity contribution in [3.63, 3.8) is 0 Å². The maximum absolute atomic E-state index is 13.1. The number of aryl methyl sites for hydroxylation is 2. The molecule has 2 atom stereocenters. The van der Waals surface area contributed by atoms with E-state index in [0.717, 1.165) is 72.7 Å². The molecule has 0 amide bonds. The highest BCUT2D eigenvalue weighted by Crippen LogP contribution is 2.47. The summed E-state index contributed by atoms with van der Waals surface area (Å²) in [6.45, 7) is 8.48. The minimum absolute atomic E-state index is 0.111. The first-order chi connectivity index (χ1) is 25.1. The highest BCUT2D eigenvalue weighted by atomic mass is 16.1. The molecule has 0 spiro atoms. The molecule has 52 heavy (non-hydrogen) atoms. The fourth-order valence-corrected chi connectivity index (χ4v) is 8.21. The standard InChI is InChI=1S/C40H44N10O2/c1-39(2)21-33(51)31-23-41-49(29-17-11-7-12-18-29)35(31)37(39)47-25-27(43-45-47)15-9-5-6-10-16-28-26-48(46-44-28)38-36-32(34(52)22-40(38,3)4)24-42-50(36)30-19-13-8-14-20-30/h7-8,11-14,17-20,23-26,37-38H,5-6,9-10,15-16,21-22H2,1-4H3. The van der Waals surface area contributed by atoms with E-state index in [1.54, 1.807) is 12.4 Å². The number of hydrogen-bond donors (Lipinski definition) is 0. The number of carbonyl (C=O) groups excluding carboxylic acids is 2. The van der Waals surface area contributed by atoms with Crippen LogP contribution < -0.4 is 0 Å². The number of carbonyl (C=O) groups is 2. The number of para-hydroxylation sites is 2. The van der Waals surface area contributed by atoms with Crippen LogP contribution in [0, 0.1) is 10.8 Å². The predicted molar refractivity (Wildman–Crippen MR) is 195 cm³/mol. The zero-order valence-electron chi connectivity index (χ0n) is 30.2. The van der Waals surface area contributed by atoms with Crippen molar-refractivity contribution in [2.75, 3.05) is 0 Å². The van der Waals surface area contributed by atoms with E-state index in [1.807, 2.05) is 91.8 Å². The van der Waals surface area contributed by atoms with Gasteiger partial charge in [0.25, 0.3) is 0 Å². The van der Waals surface area contributed by atoms with Crippen LogP contribution in [-0.4, -0.2) is 61.1 Å². The van der Waals surface area contributed by atoms with Crippen LogP contribution in [0.25, 0.3) is 11.4 Å². The Bertz CT molecular complexity index is 2070. The van der Waals surface area contributed by atoms with Gasteiger partial charge in [0.1, 0.15) is 12.1 Å². The van der Waals surface area contributed by atoms with E-state index in [9.17, 15) is 9.59 Å².